The molecule has 0 aliphatic heterocycles. The average molecular weight is 396 g/mol. The summed E-state index contributed by atoms with van der Waals surface area (Å²) in [6, 6.07) is 14.3. The number of nitrogens with one attached hydrogen (secondary N) is 1. The normalized spacial score (nSPS) is 10.5. The standard InChI is InChI=1S/C21H20N2O4S/c1-13-8-9-15(21(25)26-3)11-18(13)22-20(24)17-6-4-5-7-19(17)28-12-16-10-14(2)23-27-16/h4-11H,12H2,1-3H3,(H,22,24). The average Bonchev–Trinajstić information content (AvgIpc) is 3.12. The van der Waals surface area contributed by atoms with E-state index in [1.165, 1.54) is 18.9 Å². The number of carbonyl (C=O) groups is 2. The van der Waals surface area contributed by atoms with Gasteiger partial charge in [0, 0.05) is 16.6 Å². The van der Waals surface area contributed by atoms with Crippen molar-refractivity contribution >= 4 is 29.3 Å². The number of methoxy groups -OCH3 is 1. The number of hydrogen-bond acceptors (Lipinski definition) is 6. The fourth-order valence-electron chi connectivity index (χ4n) is 2.60. The van der Waals surface area contributed by atoms with Gasteiger partial charge in [0.15, 0.2) is 0 Å². The molecular weight excluding hydrogens is 376 g/mol. The maximum Gasteiger partial charge on any atom is 0.337 e. The van der Waals surface area contributed by atoms with Crippen molar-refractivity contribution in [1.82, 2.24) is 5.16 Å². The quantitative estimate of drug-likeness (QED) is 0.484. The van der Waals surface area contributed by atoms with Crippen molar-refractivity contribution in [3.05, 3.63) is 76.7 Å². The molecule has 0 aliphatic rings. The largest absolute Gasteiger partial charge is 0.465 e. The fraction of sp³-hybridized carbons (Fsp3) is 0.190. The Morgan fingerprint density at radius 3 is 2.64 bits per heavy atom. The second-order valence-corrected chi connectivity index (χ2v) is 7.21. The summed E-state index contributed by atoms with van der Waals surface area (Å²) in [6.45, 7) is 3.73. The van der Waals surface area contributed by atoms with E-state index >= 15 is 0 Å². The number of amides is 1. The first kappa shape index (κ1) is 19.7. The number of hydrogen-bond donors (Lipinski definition) is 1. The lowest BCUT2D eigenvalue weighted by Gasteiger charge is -2.12. The van der Waals surface area contributed by atoms with Crippen molar-refractivity contribution in [2.75, 3.05) is 12.4 Å². The summed E-state index contributed by atoms with van der Waals surface area (Å²) in [5.74, 6) is 0.622. The van der Waals surface area contributed by atoms with E-state index in [9.17, 15) is 9.59 Å². The number of rotatable bonds is 6. The predicted octanol–water partition coefficient (Wildman–Crippen LogP) is 4.62. The highest BCUT2D eigenvalue weighted by Gasteiger charge is 2.15. The van der Waals surface area contributed by atoms with Gasteiger partial charge in [-0.2, -0.15) is 0 Å². The molecule has 7 heteroatoms. The molecule has 0 saturated carbocycles. The highest BCUT2D eigenvalue weighted by molar-refractivity contribution is 7.98. The van der Waals surface area contributed by atoms with E-state index < -0.39 is 5.97 Å². The molecule has 0 radical (unpaired) electrons. The first-order valence-corrected chi connectivity index (χ1v) is 9.61. The Labute approximate surface area is 167 Å². The van der Waals surface area contributed by atoms with Gasteiger partial charge >= 0.3 is 5.97 Å². The summed E-state index contributed by atoms with van der Waals surface area (Å²) in [5, 5.41) is 6.77. The molecule has 1 amide bonds. The van der Waals surface area contributed by atoms with Crippen LogP contribution in [0.5, 0.6) is 0 Å². The summed E-state index contributed by atoms with van der Waals surface area (Å²) in [7, 11) is 1.32. The number of anilines is 1. The zero-order valence-electron chi connectivity index (χ0n) is 15.8. The molecule has 1 heterocycles. The molecular formula is C21H20N2O4S. The number of esters is 1. The van der Waals surface area contributed by atoms with E-state index in [2.05, 4.69) is 10.5 Å². The van der Waals surface area contributed by atoms with E-state index in [1.807, 2.05) is 38.1 Å². The molecule has 2 aromatic carbocycles. The second kappa shape index (κ2) is 8.75. The Morgan fingerprint density at radius 1 is 1.14 bits per heavy atom. The Morgan fingerprint density at radius 2 is 1.93 bits per heavy atom. The van der Waals surface area contributed by atoms with Gasteiger partial charge in [0.2, 0.25) is 0 Å². The highest BCUT2D eigenvalue weighted by Crippen LogP contribution is 2.28. The van der Waals surface area contributed by atoms with Crippen LogP contribution < -0.4 is 5.32 Å². The van der Waals surface area contributed by atoms with Gasteiger partial charge in [0.05, 0.1) is 29.7 Å². The van der Waals surface area contributed by atoms with E-state index in [0.29, 0.717) is 22.6 Å². The second-order valence-electron chi connectivity index (χ2n) is 6.19. The molecule has 1 aromatic heterocycles. The molecule has 0 fully saturated rings. The van der Waals surface area contributed by atoms with Gasteiger partial charge in [-0.25, -0.2) is 4.79 Å². The Kier molecular flexibility index (Phi) is 6.16. The van der Waals surface area contributed by atoms with E-state index in [-0.39, 0.29) is 5.91 Å². The zero-order valence-corrected chi connectivity index (χ0v) is 16.6. The minimum atomic E-state index is -0.450. The van der Waals surface area contributed by atoms with Gasteiger partial charge in [-0.15, -0.1) is 11.8 Å². The minimum Gasteiger partial charge on any atom is -0.465 e. The minimum absolute atomic E-state index is 0.248. The number of thioether (sulfide) groups is 1. The molecule has 3 aromatic rings. The summed E-state index contributed by atoms with van der Waals surface area (Å²) >= 11 is 1.50. The molecule has 0 spiro atoms. The number of carbonyl (C=O) groups excluding carboxylic acids is 2. The maximum atomic E-state index is 12.9. The molecule has 6 nitrogen and oxygen atoms in total. The lowest BCUT2D eigenvalue weighted by molar-refractivity contribution is 0.0600. The molecule has 0 atom stereocenters. The SMILES string of the molecule is COC(=O)c1ccc(C)c(NC(=O)c2ccccc2SCc2cc(C)no2)c1. The van der Waals surface area contributed by atoms with Gasteiger partial charge < -0.3 is 14.6 Å². The summed E-state index contributed by atoms with van der Waals surface area (Å²) in [6.07, 6.45) is 0. The molecule has 28 heavy (non-hydrogen) atoms. The zero-order chi connectivity index (χ0) is 20.1. The summed E-state index contributed by atoms with van der Waals surface area (Å²) in [5.41, 5.74) is 3.17. The third kappa shape index (κ3) is 4.61. The van der Waals surface area contributed by atoms with Gasteiger partial charge in [-0.05, 0) is 43.7 Å². The Bertz CT molecular complexity index is 1010. The van der Waals surface area contributed by atoms with Gasteiger partial charge in [0.25, 0.3) is 5.91 Å². The smallest absolute Gasteiger partial charge is 0.337 e. The van der Waals surface area contributed by atoms with Crippen molar-refractivity contribution in [3.8, 4) is 0 Å². The maximum absolute atomic E-state index is 12.9. The van der Waals surface area contributed by atoms with Crippen LogP contribution in [0.3, 0.4) is 0 Å². The van der Waals surface area contributed by atoms with Crippen molar-refractivity contribution in [2.45, 2.75) is 24.5 Å². The van der Waals surface area contributed by atoms with Crippen LogP contribution >= 0.6 is 11.8 Å². The van der Waals surface area contributed by atoms with Crippen molar-refractivity contribution in [3.63, 3.8) is 0 Å². The Balaban J connectivity index is 1.79. The number of aryl methyl sites for hydroxylation is 2. The third-order valence-corrected chi connectivity index (χ3v) is 5.18. The van der Waals surface area contributed by atoms with Crippen molar-refractivity contribution < 1.29 is 18.8 Å². The Hall–Kier alpha value is -3.06. The first-order chi connectivity index (χ1) is 13.5. The molecule has 3 rings (SSSR count). The molecule has 0 bridgehead atoms. The number of aromatic nitrogens is 1. The van der Waals surface area contributed by atoms with Crippen LogP contribution in [0, 0.1) is 13.8 Å². The van der Waals surface area contributed by atoms with Crippen LogP contribution in [0.2, 0.25) is 0 Å². The lowest BCUT2D eigenvalue weighted by atomic mass is 10.1. The topological polar surface area (TPSA) is 81.4 Å². The first-order valence-electron chi connectivity index (χ1n) is 8.62. The molecule has 144 valence electrons. The lowest BCUT2D eigenvalue weighted by Crippen LogP contribution is -2.14. The van der Waals surface area contributed by atoms with Crippen LogP contribution in [-0.2, 0) is 10.5 Å². The molecule has 0 saturated heterocycles. The van der Waals surface area contributed by atoms with Gasteiger partial charge in [-0.1, -0.05) is 23.4 Å². The van der Waals surface area contributed by atoms with Crippen LogP contribution in [0.25, 0.3) is 0 Å². The van der Waals surface area contributed by atoms with E-state index in [0.717, 1.165) is 21.9 Å². The monoisotopic (exact) mass is 396 g/mol. The van der Waals surface area contributed by atoms with E-state index in [4.69, 9.17) is 9.26 Å². The highest BCUT2D eigenvalue weighted by atomic mass is 32.2. The summed E-state index contributed by atoms with van der Waals surface area (Å²) in [4.78, 5) is 25.5. The fourth-order valence-corrected chi connectivity index (χ4v) is 3.53. The van der Waals surface area contributed by atoms with Crippen LogP contribution in [0.1, 0.15) is 37.7 Å². The van der Waals surface area contributed by atoms with Gasteiger partial charge in [0.1, 0.15) is 5.76 Å². The van der Waals surface area contributed by atoms with Crippen LogP contribution in [0.4, 0.5) is 5.69 Å². The van der Waals surface area contributed by atoms with Crippen molar-refractivity contribution in [1.29, 1.82) is 0 Å². The number of benzene rings is 2. The third-order valence-electron chi connectivity index (χ3n) is 4.09. The van der Waals surface area contributed by atoms with Crippen molar-refractivity contribution in [2.24, 2.45) is 0 Å². The molecule has 1 N–H and O–H groups in total. The summed E-state index contributed by atoms with van der Waals surface area (Å²) < 4.78 is 9.98. The number of nitrogens with zero attached hydrogens (tertiary/aromatic N) is 1. The van der Waals surface area contributed by atoms with Crippen LogP contribution in [-0.4, -0.2) is 24.1 Å². The van der Waals surface area contributed by atoms with Crippen LogP contribution in [0.15, 0.2) is 57.9 Å². The van der Waals surface area contributed by atoms with E-state index in [1.54, 1.807) is 24.3 Å². The molecule has 0 unspecified atom stereocenters. The van der Waals surface area contributed by atoms with Gasteiger partial charge in [-0.3, -0.25) is 4.79 Å². The molecule has 0 aliphatic carbocycles. The number of ether oxygens (including phenoxy) is 1. The predicted molar refractivity (Wildman–Crippen MR) is 108 cm³/mol.